The Morgan fingerprint density at radius 3 is 2.85 bits per heavy atom. The van der Waals surface area contributed by atoms with E-state index in [0.717, 1.165) is 12.0 Å². The second-order valence-corrected chi connectivity index (χ2v) is 3.81. The van der Waals surface area contributed by atoms with Gasteiger partial charge in [-0.15, -0.1) is 0 Å². The average molecular weight is 178 g/mol. The summed E-state index contributed by atoms with van der Waals surface area (Å²) in [5.41, 5.74) is 0.461. The molecule has 0 heterocycles. The maximum Gasteiger partial charge on any atom is 0.166 e. The number of allylic oxidation sites excluding steroid dienone is 5. The molecule has 2 aliphatic rings. The number of carbonyl (C=O) groups is 1. The van der Waals surface area contributed by atoms with Gasteiger partial charge in [0.15, 0.2) is 5.78 Å². The SMILES string of the molecule is C=C1CCC2(C=C(F)C=CC2=O)C1. The van der Waals surface area contributed by atoms with Crippen LogP contribution in [0.5, 0.6) is 0 Å². The molecule has 0 radical (unpaired) electrons. The number of rotatable bonds is 0. The van der Waals surface area contributed by atoms with Crippen molar-refractivity contribution in [3.63, 3.8) is 0 Å². The molecule has 1 spiro atoms. The summed E-state index contributed by atoms with van der Waals surface area (Å²) in [6.07, 6.45) is 6.19. The zero-order valence-electron chi connectivity index (χ0n) is 7.35. The Hall–Kier alpha value is -1.18. The van der Waals surface area contributed by atoms with E-state index in [0.29, 0.717) is 12.8 Å². The predicted octanol–water partition coefficient (Wildman–Crippen LogP) is 2.71. The molecule has 1 nitrogen and oxygen atoms in total. The quantitative estimate of drug-likeness (QED) is 0.521. The number of ketones is 1. The van der Waals surface area contributed by atoms with Gasteiger partial charge in [-0.25, -0.2) is 4.39 Å². The lowest BCUT2D eigenvalue weighted by atomic mass is 9.78. The van der Waals surface area contributed by atoms with Gasteiger partial charge in [-0.3, -0.25) is 4.79 Å². The van der Waals surface area contributed by atoms with Crippen molar-refractivity contribution in [1.82, 2.24) is 0 Å². The molecular weight excluding hydrogens is 167 g/mol. The van der Waals surface area contributed by atoms with Crippen LogP contribution in [0.15, 0.2) is 36.2 Å². The highest BCUT2D eigenvalue weighted by Crippen LogP contribution is 2.45. The molecule has 0 N–H and O–H groups in total. The maximum absolute atomic E-state index is 13.0. The third kappa shape index (κ3) is 1.26. The Balaban J connectivity index is 2.37. The lowest BCUT2D eigenvalue weighted by Crippen LogP contribution is -2.26. The van der Waals surface area contributed by atoms with Crippen LogP contribution in [-0.4, -0.2) is 5.78 Å². The van der Waals surface area contributed by atoms with Crippen LogP contribution in [-0.2, 0) is 4.79 Å². The van der Waals surface area contributed by atoms with Gasteiger partial charge >= 0.3 is 0 Å². The zero-order chi connectivity index (χ0) is 9.47. The van der Waals surface area contributed by atoms with Crippen LogP contribution in [0.3, 0.4) is 0 Å². The third-order valence-corrected chi connectivity index (χ3v) is 2.79. The van der Waals surface area contributed by atoms with E-state index >= 15 is 0 Å². The summed E-state index contributed by atoms with van der Waals surface area (Å²) >= 11 is 0. The van der Waals surface area contributed by atoms with Gasteiger partial charge in [-0.1, -0.05) is 12.2 Å². The van der Waals surface area contributed by atoms with Crippen LogP contribution >= 0.6 is 0 Å². The van der Waals surface area contributed by atoms with Crippen molar-refractivity contribution >= 4 is 5.78 Å². The smallest absolute Gasteiger partial charge is 0.166 e. The average Bonchev–Trinajstić information content (AvgIpc) is 2.42. The Labute approximate surface area is 76.6 Å². The summed E-state index contributed by atoms with van der Waals surface area (Å²) in [4.78, 5) is 11.6. The van der Waals surface area contributed by atoms with Crippen LogP contribution in [0.25, 0.3) is 0 Å². The van der Waals surface area contributed by atoms with Crippen molar-refractivity contribution in [2.75, 3.05) is 0 Å². The highest BCUT2D eigenvalue weighted by atomic mass is 19.1. The molecule has 0 aliphatic heterocycles. The second-order valence-electron chi connectivity index (χ2n) is 3.81. The minimum atomic E-state index is -0.587. The molecule has 2 heteroatoms. The predicted molar refractivity (Wildman–Crippen MR) is 48.8 cm³/mol. The van der Waals surface area contributed by atoms with E-state index in [1.54, 1.807) is 0 Å². The van der Waals surface area contributed by atoms with Crippen molar-refractivity contribution in [1.29, 1.82) is 0 Å². The molecule has 13 heavy (non-hydrogen) atoms. The molecule has 0 aromatic carbocycles. The van der Waals surface area contributed by atoms with E-state index in [1.807, 2.05) is 0 Å². The molecule has 0 aromatic rings. The summed E-state index contributed by atoms with van der Waals surface area (Å²) in [6.45, 7) is 3.84. The van der Waals surface area contributed by atoms with Crippen LogP contribution in [0.2, 0.25) is 0 Å². The summed E-state index contributed by atoms with van der Waals surface area (Å²) in [7, 11) is 0. The summed E-state index contributed by atoms with van der Waals surface area (Å²) in [5.74, 6) is -0.276. The highest BCUT2D eigenvalue weighted by molar-refractivity contribution is 5.98. The fourth-order valence-corrected chi connectivity index (χ4v) is 2.06. The maximum atomic E-state index is 13.0. The molecule has 1 atom stereocenters. The van der Waals surface area contributed by atoms with E-state index in [2.05, 4.69) is 6.58 Å². The van der Waals surface area contributed by atoms with Crippen molar-refractivity contribution in [3.05, 3.63) is 36.2 Å². The number of carbonyl (C=O) groups excluding carboxylic acids is 1. The first-order valence-corrected chi connectivity index (χ1v) is 4.40. The van der Waals surface area contributed by atoms with E-state index in [1.165, 1.54) is 18.2 Å². The van der Waals surface area contributed by atoms with Gasteiger partial charge in [0.25, 0.3) is 0 Å². The minimum absolute atomic E-state index is 0.0209. The summed E-state index contributed by atoms with van der Waals surface area (Å²) < 4.78 is 13.0. The second kappa shape index (κ2) is 2.66. The minimum Gasteiger partial charge on any atom is -0.294 e. The van der Waals surface area contributed by atoms with Crippen LogP contribution in [0.4, 0.5) is 4.39 Å². The van der Waals surface area contributed by atoms with Crippen molar-refractivity contribution < 1.29 is 9.18 Å². The number of hydrogen-bond donors (Lipinski definition) is 0. The van der Waals surface area contributed by atoms with Crippen molar-refractivity contribution in [2.45, 2.75) is 19.3 Å². The fourth-order valence-electron chi connectivity index (χ4n) is 2.06. The molecule has 1 fully saturated rings. The van der Waals surface area contributed by atoms with E-state index in [9.17, 15) is 9.18 Å². The van der Waals surface area contributed by atoms with Crippen molar-refractivity contribution in [2.24, 2.45) is 5.41 Å². The van der Waals surface area contributed by atoms with Gasteiger partial charge < -0.3 is 0 Å². The number of halogens is 1. The highest BCUT2D eigenvalue weighted by Gasteiger charge is 2.41. The lowest BCUT2D eigenvalue weighted by Gasteiger charge is -2.23. The van der Waals surface area contributed by atoms with Crippen LogP contribution in [0, 0.1) is 5.41 Å². The van der Waals surface area contributed by atoms with Gasteiger partial charge in [0.2, 0.25) is 0 Å². The summed E-state index contributed by atoms with van der Waals surface area (Å²) in [6, 6.07) is 0. The Kier molecular flexibility index (Phi) is 1.72. The summed E-state index contributed by atoms with van der Waals surface area (Å²) in [5, 5.41) is 0. The molecule has 1 saturated carbocycles. The zero-order valence-corrected chi connectivity index (χ0v) is 7.35. The monoisotopic (exact) mass is 178 g/mol. The first-order chi connectivity index (χ1) is 6.12. The lowest BCUT2D eigenvalue weighted by molar-refractivity contribution is -0.121. The van der Waals surface area contributed by atoms with E-state index in [4.69, 9.17) is 0 Å². The van der Waals surface area contributed by atoms with Crippen molar-refractivity contribution in [3.8, 4) is 0 Å². The largest absolute Gasteiger partial charge is 0.294 e. The Morgan fingerprint density at radius 2 is 2.23 bits per heavy atom. The van der Waals surface area contributed by atoms with Crippen LogP contribution in [0.1, 0.15) is 19.3 Å². The fraction of sp³-hybridized carbons (Fsp3) is 0.364. The molecule has 2 aliphatic carbocycles. The molecule has 1 unspecified atom stereocenters. The molecule has 0 aromatic heterocycles. The molecule has 0 bridgehead atoms. The first kappa shape index (κ1) is 8.42. The van der Waals surface area contributed by atoms with Gasteiger partial charge in [-0.2, -0.15) is 0 Å². The first-order valence-electron chi connectivity index (χ1n) is 4.40. The van der Waals surface area contributed by atoms with Crippen LogP contribution < -0.4 is 0 Å². The molecule has 68 valence electrons. The topological polar surface area (TPSA) is 17.1 Å². The van der Waals surface area contributed by atoms with Gasteiger partial charge in [0, 0.05) is 0 Å². The normalized spacial score (nSPS) is 32.8. The van der Waals surface area contributed by atoms with Gasteiger partial charge in [-0.05, 0) is 37.5 Å². The van der Waals surface area contributed by atoms with Gasteiger partial charge in [0.05, 0.1) is 5.41 Å². The molecule has 0 amide bonds. The third-order valence-electron chi connectivity index (χ3n) is 2.79. The Morgan fingerprint density at radius 1 is 1.46 bits per heavy atom. The van der Waals surface area contributed by atoms with Gasteiger partial charge in [0.1, 0.15) is 5.83 Å². The van der Waals surface area contributed by atoms with E-state index in [-0.39, 0.29) is 11.6 Å². The number of hydrogen-bond acceptors (Lipinski definition) is 1. The Bertz CT molecular complexity index is 338. The molecular formula is C11H11FO. The standard InChI is InChI=1S/C11H11FO/c1-8-4-5-11(6-8)7-9(12)2-3-10(11)13/h2-3,7H,1,4-6H2. The molecule has 2 rings (SSSR count). The molecule has 0 saturated heterocycles. The van der Waals surface area contributed by atoms with E-state index < -0.39 is 5.41 Å².